The molecule has 0 aromatic heterocycles. The third-order valence-electron chi connectivity index (χ3n) is 9.31. The number of cyclic esters (lactones) is 1. The molecular weight excluding hydrogens is 604 g/mol. The molecule has 3 heterocycles. The molecule has 3 N–H and O–H groups in total. The summed E-state index contributed by atoms with van der Waals surface area (Å²) in [4.78, 5) is 39.9. The number of hydrogen-bond acceptors (Lipinski definition) is 10. The van der Waals surface area contributed by atoms with E-state index in [-0.39, 0.29) is 62.8 Å². The van der Waals surface area contributed by atoms with Crippen LogP contribution >= 0.6 is 0 Å². The zero-order valence-corrected chi connectivity index (χ0v) is 28.6. The van der Waals surface area contributed by atoms with Crippen molar-refractivity contribution in [2.75, 3.05) is 26.2 Å². The molecule has 47 heavy (non-hydrogen) atoms. The van der Waals surface area contributed by atoms with Crippen LogP contribution in [0.5, 0.6) is 0 Å². The third-order valence-corrected chi connectivity index (χ3v) is 9.31. The Hall–Kier alpha value is -2.73. The lowest BCUT2D eigenvalue weighted by Crippen LogP contribution is -2.52. The van der Waals surface area contributed by atoms with E-state index in [0.29, 0.717) is 32.6 Å². The van der Waals surface area contributed by atoms with Gasteiger partial charge in [0.25, 0.3) is 0 Å². The van der Waals surface area contributed by atoms with Crippen LogP contribution in [0.2, 0.25) is 0 Å². The maximum atomic E-state index is 13.2. The van der Waals surface area contributed by atoms with Crippen molar-refractivity contribution in [3.8, 4) is 0 Å². The lowest BCUT2D eigenvalue weighted by Gasteiger charge is -2.38. The average Bonchev–Trinajstić information content (AvgIpc) is 3.78. The van der Waals surface area contributed by atoms with Gasteiger partial charge >= 0.3 is 18.0 Å². The minimum absolute atomic E-state index is 0. The molecule has 2 saturated heterocycles. The molecule has 0 saturated carbocycles. The van der Waals surface area contributed by atoms with Crippen LogP contribution in [-0.4, -0.2) is 102 Å². The number of nitrogens with one attached hydrogen (secondary N) is 1. The number of ether oxygens (including phenoxy) is 4. The normalized spacial score (nSPS) is 33.3. The van der Waals surface area contributed by atoms with Crippen LogP contribution in [0.25, 0.3) is 0 Å². The molecule has 3 rings (SSSR count). The van der Waals surface area contributed by atoms with Gasteiger partial charge in [0.1, 0.15) is 6.10 Å². The van der Waals surface area contributed by atoms with Crippen LogP contribution in [0.4, 0.5) is 4.79 Å². The summed E-state index contributed by atoms with van der Waals surface area (Å²) >= 11 is 0. The van der Waals surface area contributed by atoms with E-state index < -0.39 is 41.9 Å². The summed E-state index contributed by atoms with van der Waals surface area (Å²) in [6.07, 6.45) is 7.82. The molecule has 0 aromatic rings. The molecule has 10 atom stereocenters. The number of hydrogen-bond donors (Lipinski definition) is 3. The molecule has 0 aliphatic carbocycles. The van der Waals surface area contributed by atoms with Crippen molar-refractivity contribution in [3.05, 3.63) is 36.0 Å². The summed E-state index contributed by atoms with van der Waals surface area (Å²) in [7, 11) is 0. The van der Waals surface area contributed by atoms with Crippen LogP contribution in [0.15, 0.2) is 36.0 Å². The molecule has 0 unspecified atom stereocenters. The van der Waals surface area contributed by atoms with Gasteiger partial charge < -0.3 is 39.4 Å². The monoisotopic (exact) mass is 664 g/mol. The second-order valence-corrected chi connectivity index (χ2v) is 13.5. The molecule has 11 heteroatoms. The minimum atomic E-state index is -1.29. The lowest BCUT2D eigenvalue weighted by molar-refractivity contribution is -0.158. The molecule has 0 bridgehead atoms. The largest absolute Gasteiger partial charge is 0.457 e. The highest BCUT2D eigenvalue weighted by Crippen LogP contribution is 2.36. The predicted molar refractivity (Wildman–Crippen MR) is 180 cm³/mol. The van der Waals surface area contributed by atoms with E-state index in [0.717, 1.165) is 12.0 Å². The van der Waals surface area contributed by atoms with Crippen molar-refractivity contribution in [1.82, 2.24) is 10.2 Å². The quantitative estimate of drug-likeness (QED) is 0.0987. The molecule has 1 amide bonds. The number of carbonyl (C=O) groups is 3. The second-order valence-electron chi connectivity index (χ2n) is 13.5. The first-order valence-corrected chi connectivity index (χ1v) is 16.8. The van der Waals surface area contributed by atoms with Crippen LogP contribution in [0.3, 0.4) is 0 Å². The summed E-state index contributed by atoms with van der Waals surface area (Å²) in [6, 6.07) is 0. The van der Waals surface area contributed by atoms with Gasteiger partial charge in [-0.05, 0) is 57.1 Å². The van der Waals surface area contributed by atoms with Crippen molar-refractivity contribution < 1.29 is 43.5 Å². The molecular formula is C36H60N2O9. The molecule has 0 aromatic carbocycles. The van der Waals surface area contributed by atoms with Crippen molar-refractivity contribution in [2.24, 2.45) is 17.8 Å². The summed E-state index contributed by atoms with van der Waals surface area (Å²) in [5.41, 5.74) is -0.484. The molecule has 0 spiro atoms. The van der Waals surface area contributed by atoms with Crippen molar-refractivity contribution >= 4 is 18.0 Å². The highest BCUT2D eigenvalue weighted by atomic mass is 16.6. The number of esters is 2. The maximum absolute atomic E-state index is 13.2. The number of aliphatic hydroxyl groups is 2. The van der Waals surface area contributed by atoms with Crippen LogP contribution < -0.4 is 5.32 Å². The van der Waals surface area contributed by atoms with E-state index in [1.165, 1.54) is 6.92 Å². The summed E-state index contributed by atoms with van der Waals surface area (Å²) in [5.74, 6) is -1.05. The van der Waals surface area contributed by atoms with E-state index in [9.17, 15) is 24.6 Å². The Morgan fingerprint density at radius 1 is 1.21 bits per heavy atom. The van der Waals surface area contributed by atoms with Gasteiger partial charge in [0.2, 0.25) is 0 Å². The first kappa shape index (κ1) is 40.4. The first-order chi connectivity index (χ1) is 21.7. The molecule has 3 aliphatic rings. The Balaban J connectivity index is 0.00000768. The zero-order valence-electron chi connectivity index (χ0n) is 28.6. The number of aliphatic hydroxyl groups excluding tert-OH is 2. The Kier molecular flexibility index (Phi) is 16.1. The van der Waals surface area contributed by atoms with E-state index in [4.69, 9.17) is 18.9 Å². The smallest absolute Gasteiger partial charge is 0.410 e. The first-order valence-electron chi connectivity index (χ1n) is 16.8. The van der Waals surface area contributed by atoms with Crippen molar-refractivity contribution in [1.29, 1.82) is 0 Å². The van der Waals surface area contributed by atoms with Gasteiger partial charge in [-0.2, -0.15) is 0 Å². The number of piperazine rings is 1. The third kappa shape index (κ3) is 12.3. The summed E-state index contributed by atoms with van der Waals surface area (Å²) < 4.78 is 23.4. The van der Waals surface area contributed by atoms with Gasteiger partial charge in [0, 0.05) is 44.9 Å². The van der Waals surface area contributed by atoms with E-state index >= 15 is 0 Å². The fourth-order valence-electron chi connectivity index (χ4n) is 6.17. The number of epoxide rings is 1. The van der Waals surface area contributed by atoms with Gasteiger partial charge in [0.15, 0.2) is 11.7 Å². The molecule has 2 fully saturated rings. The SMILES string of the molecule is C.CC[C@H](O)[C@@H](C)[C@H]1O[C@@H]1C[C@H](C)/C=C/C=C(\C)[C@H]1OC(=O)C[C@H](O)CC[C@@](C)(OC(=O)N2CCNCC2)[C@@H](OC(C)=O)/C=C/[C@@H]1C. The van der Waals surface area contributed by atoms with Crippen LogP contribution in [-0.2, 0) is 28.5 Å². The lowest BCUT2D eigenvalue weighted by atomic mass is 9.88. The molecule has 11 nitrogen and oxygen atoms in total. The highest BCUT2D eigenvalue weighted by molar-refractivity contribution is 5.71. The Morgan fingerprint density at radius 3 is 2.53 bits per heavy atom. The van der Waals surface area contributed by atoms with Gasteiger partial charge in [-0.15, -0.1) is 0 Å². The van der Waals surface area contributed by atoms with Crippen molar-refractivity contribution in [2.45, 2.75) is 130 Å². The number of nitrogens with zero attached hydrogens (tertiary/aromatic N) is 1. The molecule has 268 valence electrons. The van der Waals surface area contributed by atoms with Gasteiger partial charge in [-0.1, -0.05) is 59.4 Å². The fourth-order valence-corrected chi connectivity index (χ4v) is 6.17. The second kappa shape index (κ2) is 18.7. The van der Waals surface area contributed by atoms with E-state index in [1.54, 1.807) is 17.9 Å². The number of carbonyl (C=O) groups excluding carboxylic acids is 3. The number of amides is 1. The summed E-state index contributed by atoms with van der Waals surface area (Å²) in [5, 5.41) is 24.1. The Labute approximate surface area is 281 Å². The van der Waals surface area contributed by atoms with E-state index in [2.05, 4.69) is 18.3 Å². The van der Waals surface area contributed by atoms with Gasteiger partial charge in [0.05, 0.1) is 30.8 Å². The fraction of sp³-hybridized carbons (Fsp3) is 0.750. The topological polar surface area (TPSA) is 147 Å². The molecule has 3 aliphatic heterocycles. The maximum Gasteiger partial charge on any atom is 0.410 e. The predicted octanol–water partition coefficient (Wildman–Crippen LogP) is 4.71. The van der Waals surface area contributed by atoms with Crippen molar-refractivity contribution in [3.63, 3.8) is 0 Å². The van der Waals surface area contributed by atoms with Gasteiger partial charge in [-0.3, -0.25) is 9.59 Å². The average molecular weight is 665 g/mol. The van der Waals surface area contributed by atoms with Crippen LogP contribution in [0, 0.1) is 17.8 Å². The Morgan fingerprint density at radius 2 is 1.89 bits per heavy atom. The summed E-state index contributed by atoms with van der Waals surface area (Å²) in [6.45, 7) is 15.2. The number of rotatable bonds is 10. The molecule has 0 radical (unpaired) electrons. The van der Waals surface area contributed by atoms with Crippen LogP contribution in [0.1, 0.15) is 88.0 Å². The standard InChI is InChI=1S/C35H56N2O9.CH4/c1-8-28(40)25(5)33-29(44-33)20-22(2)10-9-11-23(3)32-24(4)12-13-30(43-26(6)38)35(7,15-14-27(39)21-31(41)45-32)46-34(42)37-18-16-36-17-19-37;/h9-13,22,24-25,27-30,32-33,36,39-40H,8,14-21H2,1-7H3;1H4/b10-9+,13-12+,23-11+;/t22-,24+,25-,27-,28+,29-,30+,32-,33-,35-;/m1./s1. The highest BCUT2D eigenvalue weighted by Gasteiger charge is 2.45. The minimum Gasteiger partial charge on any atom is -0.457 e. The number of allylic oxidation sites excluding steroid dienone is 3. The van der Waals surface area contributed by atoms with Gasteiger partial charge in [-0.25, -0.2) is 4.79 Å². The van der Waals surface area contributed by atoms with E-state index in [1.807, 2.05) is 45.9 Å². The zero-order chi connectivity index (χ0) is 34.0. The Bertz CT molecular complexity index is 1120.